The van der Waals surface area contributed by atoms with Gasteiger partial charge in [-0.15, -0.1) is 0 Å². The Kier molecular flexibility index (Phi) is 4.48. The van der Waals surface area contributed by atoms with Crippen molar-refractivity contribution < 1.29 is 18.9 Å². The lowest BCUT2D eigenvalue weighted by Gasteiger charge is -2.08. The molecule has 3 aromatic rings. The number of carbonyl (C=O) groups excluding carboxylic acids is 3. The van der Waals surface area contributed by atoms with Crippen molar-refractivity contribution in [3.8, 4) is 0 Å². The third kappa shape index (κ3) is 3.43. The van der Waals surface area contributed by atoms with Gasteiger partial charge < -0.3 is 25.5 Å². The van der Waals surface area contributed by atoms with Crippen LogP contribution < -0.4 is 16.4 Å². The van der Waals surface area contributed by atoms with Crippen LogP contribution in [0.15, 0.2) is 47.4 Å². The molecule has 2 aromatic heterocycles. The molecule has 10 heteroatoms. The molecule has 10 nitrogen and oxygen atoms in total. The minimum Gasteiger partial charge on any atom is -0.364 e. The number of anilines is 2. The largest absolute Gasteiger partial charge is 0.364 e. The highest BCUT2D eigenvalue weighted by molar-refractivity contribution is 6.10. The van der Waals surface area contributed by atoms with Gasteiger partial charge in [0.25, 0.3) is 17.7 Å². The van der Waals surface area contributed by atoms with E-state index in [0.717, 1.165) is 0 Å². The molecule has 1 aromatic carbocycles. The maximum Gasteiger partial charge on any atom is 0.294 e. The van der Waals surface area contributed by atoms with Crippen molar-refractivity contribution in [3.63, 3.8) is 0 Å². The molecule has 0 aliphatic rings. The van der Waals surface area contributed by atoms with E-state index in [1.807, 2.05) is 0 Å². The van der Waals surface area contributed by atoms with E-state index in [-0.39, 0.29) is 17.1 Å². The molecule has 3 rings (SSSR count). The summed E-state index contributed by atoms with van der Waals surface area (Å²) in [5, 5.41) is 8.72. The Bertz CT molecular complexity index is 959. The molecule has 0 radical (unpaired) electrons. The van der Waals surface area contributed by atoms with Crippen molar-refractivity contribution in [3.05, 3.63) is 60.0 Å². The first-order chi connectivity index (χ1) is 12.5. The van der Waals surface area contributed by atoms with Crippen LogP contribution in [0.5, 0.6) is 0 Å². The first-order valence-electron chi connectivity index (χ1n) is 7.40. The average molecular weight is 354 g/mol. The lowest BCUT2D eigenvalue weighted by Crippen LogP contribution is -2.22. The van der Waals surface area contributed by atoms with Crippen LogP contribution in [0.2, 0.25) is 0 Å². The molecule has 4 N–H and O–H groups in total. The van der Waals surface area contributed by atoms with Gasteiger partial charge in [0.2, 0.25) is 5.76 Å². The third-order valence-electron chi connectivity index (χ3n) is 3.45. The molecule has 0 spiro atoms. The Morgan fingerprint density at radius 1 is 1.04 bits per heavy atom. The van der Waals surface area contributed by atoms with Gasteiger partial charge in [-0.25, -0.2) is 4.98 Å². The highest BCUT2D eigenvalue weighted by Gasteiger charge is 2.21. The number of nitrogens with zero attached hydrogens (tertiary/aromatic N) is 3. The van der Waals surface area contributed by atoms with Crippen LogP contribution in [0.25, 0.3) is 0 Å². The number of hydrogen-bond acceptors (Lipinski definition) is 6. The van der Waals surface area contributed by atoms with Crippen molar-refractivity contribution in [2.75, 3.05) is 10.6 Å². The lowest BCUT2D eigenvalue weighted by atomic mass is 10.2. The molecule has 0 fully saturated rings. The van der Waals surface area contributed by atoms with Crippen molar-refractivity contribution in [1.29, 1.82) is 0 Å². The minimum atomic E-state index is -0.791. The summed E-state index contributed by atoms with van der Waals surface area (Å²) >= 11 is 0. The summed E-state index contributed by atoms with van der Waals surface area (Å²) < 4.78 is 6.17. The predicted octanol–water partition coefficient (Wildman–Crippen LogP) is 1.01. The number of aryl methyl sites for hydroxylation is 1. The second-order valence-corrected chi connectivity index (χ2v) is 5.28. The van der Waals surface area contributed by atoms with Gasteiger partial charge in [0.05, 0.1) is 12.5 Å². The van der Waals surface area contributed by atoms with Crippen LogP contribution in [0.4, 0.5) is 11.4 Å². The molecule has 0 saturated heterocycles. The first kappa shape index (κ1) is 16.9. The van der Waals surface area contributed by atoms with E-state index in [9.17, 15) is 14.4 Å². The fourth-order valence-corrected chi connectivity index (χ4v) is 2.23. The minimum absolute atomic E-state index is 0.0557. The van der Waals surface area contributed by atoms with Crippen LogP contribution in [0, 0.1) is 0 Å². The second kappa shape index (κ2) is 6.89. The highest BCUT2D eigenvalue weighted by atomic mass is 16.5. The Hall–Kier alpha value is -3.95. The number of amides is 3. The Balaban J connectivity index is 1.70. The number of nitrogens with two attached hydrogens (primary N) is 1. The quantitative estimate of drug-likeness (QED) is 0.623. The van der Waals surface area contributed by atoms with Crippen LogP contribution >= 0.6 is 0 Å². The SMILES string of the molecule is Cn1cnc(C(N)=O)c1C(=O)Nc1ccc(NC(=O)c2ccno2)cc1. The van der Waals surface area contributed by atoms with E-state index in [2.05, 4.69) is 20.8 Å². The van der Waals surface area contributed by atoms with Crippen molar-refractivity contribution >= 4 is 29.1 Å². The molecular weight excluding hydrogens is 340 g/mol. The van der Waals surface area contributed by atoms with Crippen LogP contribution in [-0.4, -0.2) is 32.4 Å². The molecule has 0 unspecified atom stereocenters. The standard InChI is InChI=1S/C16H14N6O4/c1-22-8-18-12(14(17)23)13(22)16(25)21-10-4-2-9(3-5-10)20-15(24)11-6-7-19-26-11/h2-8H,1H3,(H2,17,23)(H,20,24)(H,21,25). The van der Waals surface area contributed by atoms with Gasteiger partial charge in [-0.2, -0.15) is 0 Å². The zero-order chi connectivity index (χ0) is 18.7. The summed E-state index contributed by atoms with van der Waals surface area (Å²) in [6, 6.07) is 7.82. The molecule has 132 valence electrons. The molecule has 2 heterocycles. The van der Waals surface area contributed by atoms with Gasteiger partial charge >= 0.3 is 0 Å². The molecular formula is C16H14N6O4. The Morgan fingerprint density at radius 2 is 1.65 bits per heavy atom. The molecule has 0 bridgehead atoms. The van der Waals surface area contributed by atoms with Gasteiger partial charge in [0.15, 0.2) is 5.69 Å². The van der Waals surface area contributed by atoms with E-state index in [1.165, 1.54) is 23.2 Å². The maximum atomic E-state index is 12.4. The number of hydrogen-bond donors (Lipinski definition) is 3. The number of nitrogens with one attached hydrogen (secondary N) is 2. The number of benzene rings is 1. The third-order valence-corrected chi connectivity index (χ3v) is 3.45. The van der Waals surface area contributed by atoms with Gasteiger partial charge in [0.1, 0.15) is 5.69 Å². The van der Waals surface area contributed by atoms with Gasteiger partial charge in [-0.1, -0.05) is 5.16 Å². The summed E-state index contributed by atoms with van der Waals surface area (Å²) in [6.45, 7) is 0. The zero-order valence-electron chi connectivity index (χ0n) is 13.6. The second-order valence-electron chi connectivity index (χ2n) is 5.28. The monoisotopic (exact) mass is 354 g/mol. The van der Waals surface area contributed by atoms with Crippen LogP contribution in [0.1, 0.15) is 31.5 Å². The normalized spacial score (nSPS) is 10.3. The first-order valence-corrected chi connectivity index (χ1v) is 7.40. The maximum absolute atomic E-state index is 12.4. The topological polar surface area (TPSA) is 145 Å². The summed E-state index contributed by atoms with van der Waals surface area (Å²) in [5.74, 6) is -1.68. The molecule has 0 aliphatic carbocycles. The number of imidazole rings is 1. The van der Waals surface area contributed by atoms with E-state index < -0.39 is 17.7 Å². The van der Waals surface area contributed by atoms with E-state index in [1.54, 1.807) is 31.3 Å². The Labute approximate surface area is 147 Å². The van der Waals surface area contributed by atoms with E-state index >= 15 is 0 Å². The van der Waals surface area contributed by atoms with Crippen LogP contribution in [0.3, 0.4) is 0 Å². The zero-order valence-corrected chi connectivity index (χ0v) is 13.6. The summed E-state index contributed by atoms with van der Waals surface area (Å²) in [7, 11) is 1.58. The van der Waals surface area contributed by atoms with Crippen LogP contribution in [-0.2, 0) is 7.05 Å². The average Bonchev–Trinajstić information content (AvgIpc) is 3.26. The number of primary amides is 1. The summed E-state index contributed by atoms with van der Waals surface area (Å²) in [5.41, 5.74) is 6.13. The predicted molar refractivity (Wildman–Crippen MR) is 90.6 cm³/mol. The highest BCUT2D eigenvalue weighted by Crippen LogP contribution is 2.16. The molecule has 0 saturated carbocycles. The molecule has 0 atom stereocenters. The molecule has 26 heavy (non-hydrogen) atoms. The lowest BCUT2D eigenvalue weighted by molar-refractivity contribution is 0.0970. The smallest absolute Gasteiger partial charge is 0.294 e. The van der Waals surface area contributed by atoms with Gasteiger partial charge in [-0.3, -0.25) is 14.4 Å². The fraction of sp³-hybridized carbons (Fsp3) is 0.0625. The van der Waals surface area contributed by atoms with Gasteiger partial charge in [0, 0.05) is 24.5 Å². The molecule has 3 amide bonds. The number of rotatable bonds is 5. The summed E-state index contributed by atoms with van der Waals surface area (Å²) in [6.07, 6.45) is 2.70. The molecule has 0 aliphatic heterocycles. The van der Waals surface area contributed by atoms with E-state index in [4.69, 9.17) is 10.3 Å². The van der Waals surface area contributed by atoms with Crippen molar-refractivity contribution in [2.45, 2.75) is 0 Å². The number of aromatic nitrogens is 3. The fourth-order valence-electron chi connectivity index (χ4n) is 2.23. The number of carbonyl (C=O) groups is 3. The van der Waals surface area contributed by atoms with Crippen molar-refractivity contribution in [2.24, 2.45) is 12.8 Å². The van der Waals surface area contributed by atoms with E-state index in [0.29, 0.717) is 11.4 Å². The van der Waals surface area contributed by atoms with Gasteiger partial charge in [-0.05, 0) is 24.3 Å². The van der Waals surface area contributed by atoms with Crippen molar-refractivity contribution in [1.82, 2.24) is 14.7 Å². The Morgan fingerprint density at radius 3 is 2.19 bits per heavy atom. The summed E-state index contributed by atoms with van der Waals surface area (Å²) in [4.78, 5) is 39.4.